The van der Waals surface area contributed by atoms with E-state index in [1.807, 2.05) is 19.1 Å². The number of hydrogen-bond acceptors (Lipinski definition) is 4. The topological polar surface area (TPSA) is 66.9 Å². The van der Waals surface area contributed by atoms with E-state index in [2.05, 4.69) is 20.6 Å². The minimum Gasteiger partial charge on any atom is -0.351 e. The SMILES string of the molecule is CCCNC(=O)c1cnc(Nc2ccc(Cl)cc2)cn1. The smallest absolute Gasteiger partial charge is 0.271 e. The van der Waals surface area contributed by atoms with Crippen LogP contribution < -0.4 is 10.6 Å². The lowest BCUT2D eigenvalue weighted by molar-refractivity contribution is 0.0948. The van der Waals surface area contributed by atoms with E-state index in [9.17, 15) is 4.79 Å². The molecule has 1 aromatic carbocycles. The molecule has 5 nitrogen and oxygen atoms in total. The Labute approximate surface area is 122 Å². The number of nitrogens with one attached hydrogen (secondary N) is 2. The second-order valence-corrected chi connectivity index (χ2v) is 4.61. The predicted octanol–water partition coefficient (Wildman–Crippen LogP) is 3.01. The van der Waals surface area contributed by atoms with E-state index < -0.39 is 0 Å². The normalized spacial score (nSPS) is 10.1. The summed E-state index contributed by atoms with van der Waals surface area (Å²) in [5.74, 6) is 0.358. The van der Waals surface area contributed by atoms with Gasteiger partial charge in [-0.2, -0.15) is 0 Å². The van der Waals surface area contributed by atoms with E-state index in [4.69, 9.17) is 11.6 Å². The maximum Gasteiger partial charge on any atom is 0.271 e. The molecule has 6 heteroatoms. The van der Waals surface area contributed by atoms with Gasteiger partial charge in [0.1, 0.15) is 11.5 Å². The third kappa shape index (κ3) is 3.93. The van der Waals surface area contributed by atoms with Crippen LogP contribution in [0.2, 0.25) is 5.02 Å². The van der Waals surface area contributed by atoms with E-state index in [-0.39, 0.29) is 5.91 Å². The molecular formula is C14H15ClN4O. The summed E-state index contributed by atoms with van der Waals surface area (Å²) in [6.45, 7) is 2.62. The van der Waals surface area contributed by atoms with Gasteiger partial charge in [-0.15, -0.1) is 0 Å². The summed E-state index contributed by atoms with van der Waals surface area (Å²) in [5, 5.41) is 6.49. The van der Waals surface area contributed by atoms with E-state index in [1.54, 1.807) is 12.1 Å². The minimum atomic E-state index is -0.211. The lowest BCUT2D eigenvalue weighted by Gasteiger charge is -2.06. The van der Waals surface area contributed by atoms with Gasteiger partial charge < -0.3 is 10.6 Å². The Morgan fingerprint density at radius 1 is 1.20 bits per heavy atom. The Bertz CT molecular complexity index is 569. The van der Waals surface area contributed by atoms with Crippen molar-refractivity contribution in [2.75, 3.05) is 11.9 Å². The van der Waals surface area contributed by atoms with Crippen molar-refractivity contribution in [1.29, 1.82) is 0 Å². The first-order chi connectivity index (χ1) is 9.69. The standard InChI is InChI=1S/C14H15ClN4O/c1-2-7-16-14(20)12-8-18-13(9-17-12)19-11-5-3-10(15)4-6-11/h3-6,8-9H,2,7H2,1H3,(H,16,20)(H,18,19). The monoisotopic (exact) mass is 290 g/mol. The Morgan fingerprint density at radius 3 is 2.55 bits per heavy atom. The molecule has 104 valence electrons. The fourth-order valence-corrected chi connectivity index (χ4v) is 1.65. The Balaban J connectivity index is 2.01. The molecular weight excluding hydrogens is 276 g/mol. The molecule has 1 aromatic heterocycles. The number of nitrogens with zero attached hydrogens (tertiary/aromatic N) is 2. The van der Waals surface area contributed by atoms with Crippen LogP contribution in [-0.2, 0) is 0 Å². The van der Waals surface area contributed by atoms with Gasteiger partial charge in [-0.05, 0) is 30.7 Å². The highest BCUT2D eigenvalue weighted by atomic mass is 35.5. The Hall–Kier alpha value is -2.14. The van der Waals surface area contributed by atoms with Crippen molar-refractivity contribution in [3.63, 3.8) is 0 Å². The number of anilines is 2. The van der Waals surface area contributed by atoms with Crippen LogP contribution in [0.15, 0.2) is 36.7 Å². The summed E-state index contributed by atoms with van der Waals surface area (Å²) in [7, 11) is 0. The molecule has 0 aliphatic rings. The highest BCUT2D eigenvalue weighted by Crippen LogP contribution is 2.16. The summed E-state index contributed by atoms with van der Waals surface area (Å²) in [6, 6.07) is 7.24. The molecule has 1 heterocycles. The average Bonchev–Trinajstić information content (AvgIpc) is 2.48. The number of hydrogen-bond donors (Lipinski definition) is 2. The molecule has 0 spiro atoms. The molecule has 20 heavy (non-hydrogen) atoms. The van der Waals surface area contributed by atoms with Gasteiger partial charge in [-0.3, -0.25) is 4.79 Å². The molecule has 0 aliphatic heterocycles. The second-order valence-electron chi connectivity index (χ2n) is 4.17. The number of aromatic nitrogens is 2. The molecule has 0 aliphatic carbocycles. The van der Waals surface area contributed by atoms with Crippen molar-refractivity contribution in [1.82, 2.24) is 15.3 Å². The van der Waals surface area contributed by atoms with Gasteiger partial charge in [0, 0.05) is 17.3 Å². The zero-order valence-corrected chi connectivity index (χ0v) is 11.8. The summed E-state index contributed by atoms with van der Waals surface area (Å²) < 4.78 is 0. The maximum absolute atomic E-state index is 11.7. The van der Waals surface area contributed by atoms with E-state index in [0.717, 1.165) is 12.1 Å². The third-order valence-electron chi connectivity index (χ3n) is 2.54. The lowest BCUT2D eigenvalue weighted by Crippen LogP contribution is -2.25. The molecule has 0 saturated carbocycles. The summed E-state index contributed by atoms with van der Waals surface area (Å²) in [6.07, 6.45) is 3.86. The van der Waals surface area contributed by atoms with Crippen molar-refractivity contribution in [3.8, 4) is 0 Å². The highest BCUT2D eigenvalue weighted by molar-refractivity contribution is 6.30. The summed E-state index contributed by atoms with van der Waals surface area (Å²) in [4.78, 5) is 19.9. The van der Waals surface area contributed by atoms with Crippen LogP contribution in [0.5, 0.6) is 0 Å². The molecule has 0 radical (unpaired) electrons. The van der Waals surface area contributed by atoms with Crippen molar-refractivity contribution < 1.29 is 4.79 Å². The fraction of sp³-hybridized carbons (Fsp3) is 0.214. The van der Waals surface area contributed by atoms with Crippen molar-refractivity contribution >= 4 is 29.0 Å². The summed E-state index contributed by atoms with van der Waals surface area (Å²) >= 11 is 5.81. The first kappa shape index (κ1) is 14.3. The highest BCUT2D eigenvalue weighted by Gasteiger charge is 2.06. The number of rotatable bonds is 5. The molecule has 0 saturated heterocycles. The number of halogens is 1. The number of carbonyl (C=O) groups is 1. The van der Waals surface area contributed by atoms with Gasteiger partial charge in [0.05, 0.1) is 12.4 Å². The van der Waals surface area contributed by atoms with Crippen molar-refractivity contribution in [2.45, 2.75) is 13.3 Å². The maximum atomic E-state index is 11.7. The first-order valence-corrected chi connectivity index (χ1v) is 6.69. The van der Waals surface area contributed by atoms with Crippen LogP contribution in [-0.4, -0.2) is 22.4 Å². The Kier molecular flexibility index (Phi) is 4.90. The van der Waals surface area contributed by atoms with Crippen LogP contribution in [0.4, 0.5) is 11.5 Å². The quantitative estimate of drug-likeness (QED) is 0.888. The van der Waals surface area contributed by atoms with E-state index in [0.29, 0.717) is 23.1 Å². The Morgan fingerprint density at radius 2 is 1.95 bits per heavy atom. The van der Waals surface area contributed by atoms with Crippen LogP contribution >= 0.6 is 11.6 Å². The van der Waals surface area contributed by atoms with Gasteiger partial charge >= 0.3 is 0 Å². The van der Waals surface area contributed by atoms with Gasteiger partial charge in [-0.1, -0.05) is 18.5 Å². The zero-order valence-electron chi connectivity index (χ0n) is 11.1. The molecule has 0 fully saturated rings. The first-order valence-electron chi connectivity index (χ1n) is 6.32. The minimum absolute atomic E-state index is 0.211. The number of benzene rings is 1. The second kappa shape index (κ2) is 6.86. The fourth-order valence-electron chi connectivity index (χ4n) is 1.52. The molecule has 1 amide bonds. The van der Waals surface area contributed by atoms with Gasteiger partial charge in [0.2, 0.25) is 0 Å². The van der Waals surface area contributed by atoms with Crippen LogP contribution in [0.1, 0.15) is 23.8 Å². The average molecular weight is 291 g/mol. The van der Waals surface area contributed by atoms with E-state index >= 15 is 0 Å². The van der Waals surface area contributed by atoms with Gasteiger partial charge in [0.15, 0.2) is 0 Å². The van der Waals surface area contributed by atoms with Crippen LogP contribution in [0, 0.1) is 0 Å². The molecule has 0 atom stereocenters. The molecule has 2 rings (SSSR count). The van der Waals surface area contributed by atoms with Crippen molar-refractivity contribution in [3.05, 3.63) is 47.4 Å². The van der Waals surface area contributed by atoms with Gasteiger partial charge in [-0.25, -0.2) is 9.97 Å². The number of carbonyl (C=O) groups excluding carboxylic acids is 1. The molecule has 2 aromatic rings. The zero-order chi connectivity index (χ0) is 14.4. The lowest BCUT2D eigenvalue weighted by atomic mass is 10.3. The summed E-state index contributed by atoms with van der Waals surface area (Å²) in [5.41, 5.74) is 1.16. The van der Waals surface area contributed by atoms with Gasteiger partial charge in [0.25, 0.3) is 5.91 Å². The molecule has 0 unspecified atom stereocenters. The van der Waals surface area contributed by atoms with E-state index in [1.165, 1.54) is 12.4 Å². The third-order valence-corrected chi connectivity index (χ3v) is 2.79. The van der Waals surface area contributed by atoms with Crippen LogP contribution in [0.25, 0.3) is 0 Å². The number of amides is 1. The van der Waals surface area contributed by atoms with Crippen LogP contribution in [0.3, 0.4) is 0 Å². The predicted molar refractivity (Wildman–Crippen MR) is 79.4 cm³/mol. The largest absolute Gasteiger partial charge is 0.351 e. The molecule has 2 N–H and O–H groups in total. The van der Waals surface area contributed by atoms with Crippen molar-refractivity contribution in [2.24, 2.45) is 0 Å². The molecule has 0 bridgehead atoms.